The highest BCUT2D eigenvalue weighted by atomic mass is 35.5. The van der Waals surface area contributed by atoms with Crippen molar-refractivity contribution in [3.05, 3.63) is 35.1 Å². The minimum Gasteiger partial charge on any atom is -0.437 e. The summed E-state index contributed by atoms with van der Waals surface area (Å²) in [6, 6.07) is 5.35. The van der Waals surface area contributed by atoms with Crippen LogP contribution in [0.2, 0.25) is 5.02 Å². The summed E-state index contributed by atoms with van der Waals surface area (Å²) in [6.45, 7) is 1.90. The second-order valence-corrected chi connectivity index (χ2v) is 4.87. The van der Waals surface area contributed by atoms with E-state index in [0.717, 1.165) is 5.56 Å². The van der Waals surface area contributed by atoms with E-state index in [9.17, 15) is 0 Å². The van der Waals surface area contributed by atoms with Gasteiger partial charge in [-0.05, 0) is 30.7 Å². The molecule has 3 N–H and O–H groups in total. The summed E-state index contributed by atoms with van der Waals surface area (Å²) in [5.41, 5.74) is 10.2. The first kappa shape index (κ1) is 14.4. The second-order valence-electron chi connectivity index (χ2n) is 4.46. The molecule has 2 rings (SSSR count). The van der Waals surface area contributed by atoms with Crippen molar-refractivity contribution in [2.24, 2.45) is 0 Å². The first-order valence-corrected chi connectivity index (χ1v) is 6.33. The molecule has 2 aromatic rings. The summed E-state index contributed by atoms with van der Waals surface area (Å²) >= 11 is 5.98. The van der Waals surface area contributed by atoms with Crippen molar-refractivity contribution in [3.63, 3.8) is 0 Å². The number of hydrogen-bond donors (Lipinski definition) is 2. The van der Waals surface area contributed by atoms with Crippen LogP contribution in [0.5, 0.6) is 11.6 Å². The van der Waals surface area contributed by atoms with Crippen molar-refractivity contribution in [1.82, 2.24) is 15.0 Å². The molecular weight excluding hydrogens is 278 g/mol. The van der Waals surface area contributed by atoms with E-state index in [2.05, 4.69) is 15.4 Å². The highest BCUT2D eigenvalue weighted by Crippen LogP contribution is 2.30. The van der Waals surface area contributed by atoms with E-state index in [4.69, 9.17) is 22.1 Å². The molecule has 0 aliphatic carbocycles. The number of nitrogen functional groups attached to an aromatic ring is 1. The van der Waals surface area contributed by atoms with Gasteiger partial charge in [0.1, 0.15) is 17.8 Å². The van der Waals surface area contributed by atoms with Gasteiger partial charge in [0, 0.05) is 19.1 Å². The van der Waals surface area contributed by atoms with Gasteiger partial charge in [-0.3, -0.25) is 0 Å². The molecule has 0 bridgehead atoms. The zero-order chi connectivity index (χ0) is 14.7. The lowest BCUT2D eigenvalue weighted by Crippen LogP contribution is -2.21. The Morgan fingerprint density at radius 2 is 2.05 bits per heavy atom. The maximum absolute atomic E-state index is 5.98. The molecule has 1 heterocycles. The van der Waals surface area contributed by atoms with Crippen LogP contribution in [-0.4, -0.2) is 29.1 Å². The molecule has 0 saturated heterocycles. The minimum atomic E-state index is 0.297. The molecule has 7 heteroatoms. The fourth-order valence-electron chi connectivity index (χ4n) is 1.55. The fraction of sp³-hybridized carbons (Fsp3) is 0.231. The van der Waals surface area contributed by atoms with E-state index in [0.29, 0.717) is 28.2 Å². The predicted octanol–water partition coefficient (Wildman–Crippen LogP) is 2.70. The number of nitrogens with two attached hydrogens (primary N) is 1. The summed E-state index contributed by atoms with van der Waals surface area (Å²) in [5.74, 6) is 1.41. The van der Waals surface area contributed by atoms with Crippen LogP contribution in [0.1, 0.15) is 5.56 Å². The van der Waals surface area contributed by atoms with Crippen LogP contribution in [0.3, 0.4) is 0 Å². The van der Waals surface area contributed by atoms with Gasteiger partial charge in [-0.2, -0.15) is 4.98 Å². The van der Waals surface area contributed by atoms with Gasteiger partial charge in [0.2, 0.25) is 5.88 Å². The van der Waals surface area contributed by atoms with Crippen LogP contribution in [0, 0.1) is 6.92 Å². The lowest BCUT2D eigenvalue weighted by molar-refractivity contribution is 0.461. The molecule has 6 nitrogen and oxygen atoms in total. The Morgan fingerprint density at radius 1 is 1.30 bits per heavy atom. The van der Waals surface area contributed by atoms with Crippen LogP contribution in [0.15, 0.2) is 24.5 Å². The van der Waals surface area contributed by atoms with Gasteiger partial charge in [-0.15, -0.1) is 0 Å². The van der Waals surface area contributed by atoms with Gasteiger partial charge in [-0.1, -0.05) is 11.6 Å². The molecule has 0 fully saturated rings. The molecule has 20 heavy (non-hydrogen) atoms. The Labute approximate surface area is 122 Å². The van der Waals surface area contributed by atoms with Gasteiger partial charge in [0.05, 0.1) is 0 Å². The summed E-state index contributed by atoms with van der Waals surface area (Å²) in [6.07, 6.45) is 1.39. The second kappa shape index (κ2) is 5.94. The monoisotopic (exact) mass is 293 g/mol. The SMILES string of the molecule is Cc1cc(Oc2ncnc(NN(C)C)c2N)ccc1Cl. The molecule has 0 saturated carbocycles. The van der Waals surface area contributed by atoms with Crippen LogP contribution in [-0.2, 0) is 0 Å². The summed E-state index contributed by atoms with van der Waals surface area (Å²) in [4.78, 5) is 8.11. The highest BCUT2D eigenvalue weighted by Gasteiger charge is 2.11. The first-order valence-electron chi connectivity index (χ1n) is 5.96. The average molecular weight is 294 g/mol. The number of aromatic nitrogens is 2. The molecule has 0 atom stereocenters. The number of rotatable bonds is 4. The van der Waals surface area contributed by atoms with Gasteiger partial charge >= 0.3 is 0 Å². The molecule has 0 aliphatic rings. The molecule has 0 aliphatic heterocycles. The smallest absolute Gasteiger partial charge is 0.248 e. The van der Waals surface area contributed by atoms with E-state index in [1.807, 2.05) is 27.1 Å². The molecule has 0 amide bonds. The van der Waals surface area contributed by atoms with E-state index >= 15 is 0 Å². The molecular formula is C13H16ClN5O. The van der Waals surface area contributed by atoms with Crippen LogP contribution < -0.4 is 15.9 Å². The Morgan fingerprint density at radius 3 is 2.70 bits per heavy atom. The molecule has 1 aromatic carbocycles. The Balaban J connectivity index is 2.27. The number of hydrogen-bond acceptors (Lipinski definition) is 6. The van der Waals surface area contributed by atoms with Crippen molar-refractivity contribution in [1.29, 1.82) is 0 Å². The van der Waals surface area contributed by atoms with Crippen LogP contribution in [0.4, 0.5) is 11.5 Å². The molecule has 0 spiro atoms. The normalized spacial score (nSPS) is 10.7. The molecule has 1 aromatic heterocycles. The number of hydrazine groups is 1. The topological polar surface area (TPSA) is 76.3 Å². The Hall–Kier alpha value is -2.05. The summed E-state index contributed by atoms with van der Waals surface area (Å²) in [5, 5.41) is 2.41. The van der Waals surface area contributed by atoms with Crippen molar-refractivity contribution in [2.75, 3.05) is 25.3 Å². The lowest BCUT2D eigenvalue weighted by atomic mass is 10.2. The zero-order valence-corrected chi connectivity index (χ0v) is 12.3. The standard InChI is InChI=1S/C13H16ClN5O/c1-8-6-9(4-5-10(8)14)20-13-11(15)12(16-7-17-13)18-19(2)3/h4-7H,15H2,1-3H3,(H,16,17,18). The average Bonchev–Trinajstić information content (AvgIpc) is 2.38. The zero-order valence-electron chi connectivity index (χ0n) is 11.5. The van der Waals surface area contributed by atoms with E-state index in [1.54, 1.807) is 17.1 Å². The van der Waals surface area contributed by atoms with Gasteiger partial charge < -0.3 is 15.9 Å². The van der Waals surface area contributed by atoms with Gasteiger partial charge in [-0.25, -0.2) is 9.99 Å². The largest absolute Gasteiger partial charge is 0.437 e. The lowest BCUT2D eigenvalue weighted by Gasteiger charge is -2.15. The third kappa shape index (κ3) is 3.28. The van der Waals surface area contributed by atoms with Crippen molar-refractivity contribution < 1.29 is 4.74 Å². The summed E-state index contributed by atoms with van der Waals surface area (Å²) < 4.78 is 5.67. The maximum atomic E-state index is 5.98. The molecule has 0 unspecified atom stereocenters. The van der Waals surface area contributed by atoms with Crippen LogP contribution in [0.25, 0.3) is 0 Å². The van der Waals surface area contributed by atoms with Crippen molar-refractivity contribution in [3.8, 4) is 11.6 Å². The van der Waals surface area contributed by atoms with E-state index in [-0.39, 0.29) is 0 Å². The first-order chi connectivity index (χ1) is 9.47. The minimum absolute atomic E-state index is 0.297. The van der Waals surface area contributed by atoms with Gasteiger partial charge in [0.15, 0.2) is 5.82 Å². The number of nitrogens with one attached hydrogen (secondary N) is 1. The third-order valence-electron chi connectivity index (χ3n) is 2.52. The van der Waals surface area contributed by atoms with Crippen molar-refractivity contribution in [2.45, 2.75) is 6.92 Å². The number of aryl methyl sites for hydroxylation is 1. The van der Waals surface area contributed by atoms with Gasteiger partial charge in [0.25, 0.3) is 0 Å². The highest BCUT2D eigenvalue weighted by molar-refractivity contribution is 6.31. The quantitative estimate of drug-likeness (QED) is 0.844. The predicted molar refractivity (Wildman–Crippen MR) is 80.0 cm³/mol. The number of nitrogens with zero attached hydrogens (tertiary/aromatic N) is 3. The maximum Gasteiger partial charge on any atom is 0.248 e. The van der Waals surface area contributed by atoms with Crippen LogP contribution >= 0.6 is 11.6 Å². The number of halogens is 1. The molecule has 106 valence electrons. The number of benzene rings is 1. The van der Waals surface area contributed by atoms with E-state index < -0.39 is 0 Å². The van der Waals surface area contributed by atoms with Crippen molar-refractivity contribution >= 4 is 23.1 Å². The Kier molecular flexibility index (Phi) is 4.26. The number of anilines is 2. The third-order valence-corrected chi connectivity index (χ3v) is 2.94. The number of ether oxygens (including phenoxy) is 1. The van der Waals surface area contributed by atoms with E-state index in [1.165, 1.54) is 6.33 Å². The Bertz CT molecular complexity index is 618. The fourth-order valence-corrected chi connectivity index (χ4v) is 1.67. The molecule has 0 radical (unpaired) electrons. The summed E-state index contributed by atoms with van der Waals surface area (Å²) in [7, 11) is 3.68.